The van der Waals surface area contributed by atoms with Crippen LogP contribution in [0.25, 0.3) is 0 Å². The molecule has 4 rings (SSSR count). The first-order chi connectivity index (χ1) is 14.6. The number of ether oxygens (including phenoxy) is 1. The number of amides is 1. The largest absolute Gasteiger partial charge is 0.370 e. The Morgan fingerprint density at radius 3 is 2.57 bits per heavy atom. The summed E-state index contributed by atoms with van der Waals surface area (Å²) in [5.74, 6) is -2.58. The Morgan fingerprint density at radius 2 is 1.90 bits per heavy atom. The second kappa shape index (κ2) is 8.85. The van der Waals surface area contributed by atoms with Gasteiger partial charge in [-0.2, -0.15) is 0 Å². The molecule has 0 aliphatic carbocycles. The number of morpholine rings is 1. The van der Waals surface area contributed by atoms with E-state index in [2.05, 4.69) is 4.98 Å². The second-order valence-corrected chi connectivity index (χ2v) is 7.91. The molecule has 0 radical (unpaired) electrons. The van der Waals surface area contributed by atoms with Crippen LogP contribution in [-0.4, -0.2) is 66.8 Å². The molecular weight excluding hydrogens is 382 g/mol. The first-order valence-electron chi connectivity index (χ1n) is 10.3. The lowest BCUT2D eigenvalue weighted by Gasteiger charge is -2.30. The van der Waals surface area contributed by atoms with Crippen molar-refractivity contribution < 1.29 is 24.0 Å². The highest BCUT2D eigenvalue weighted by atomic mass is 16.5. The van der Waals surface area contributed by atoms with E-state index in [9.17, 15) is 14.4 Å². The Morgan fingerprint density at radius 1 is 1.17 bits per heavy atom. The number of Topliss-reactive ketones (excluding diaryl/α,β-unsaturated/α-hetero) is 2. The Labute approximate surface area is 175 Å². The number of nitrogens with one attached hydrogen (secondary N) is 1. The lowest BCUT2D eigenvalue weighted by molar-refractivity contribution is -0.907. The third kappa shape index (κ3) is 4.04. The Hall–Kier alpha value is -2.90. The molecule has 156 valence electrons. The van der Waals surface area contributed by atoms with Crippen molar-refractivity contribution in [3.05, 3.63) is 65.5 Å². The normalized spacial score (nSPS) is 22.5. The van der Waals surface area contributed by atoms with Crippen LogP contribution in [0.3, 0.4) is 0 Å². The maximum absolute atomic E-state index is 13.3. The number of hydrogen-bond acceptors (Lipinski definition) is 5. The van der Waals surface area contributed by atoms with Crippen molar-refractivity contribution in [1.82, 2.24) is 9.88 Å². The predicted molar refractivity (Wildman–Crippen MR) is 109 cm³/mol. The molecule has 7 nitrogen and oxygen atoms in total. The summed E-state index contributed by atoms with van der Waals surface area (Å²) in [5.41, 5.74) is 2.18. The highest BCUT2D eigenvalue weighted by molar-refractivity contribution is 6.44. The SMILES string of the molecule is Cc1ccc(C(=O)C2C(=O)C(=O)N(CC[NH+]3CCOCC3)C2c2cccnc2)cc1. The van der Waals surface area contributed by atoms with E-state index in [1.165, 1.54) is 4.90 Å². The average molecular weight is 408 g/mol. The molecule has 7 heteroatoms. The molecule has 3 heterocycles. The van der Waals surface area contributed by atoms with Gasteiger partial charge in [-0.3, -0.25) is 19.4 Å². The van der Waals surface area contributed by atoms with Gasteiger partial charge in [0.1, 0.15) is 19.0 Å². The predicted octanol–water partition coefficient (Wildman–Crippen LogP) is 0.257. The minimum Gasteiger partial charge on any atom is -0.370 e. The number of benzene rings is 1. The van der Waals surface area contributed by atoms with E-state index in [0.29, 0.717) is 37.4 Å². The molecule has 1 aromatic carbocycles. The van der Waals surface area contributed by atoms with Crippen molar-refractivity contribution in [1.29, 1.82) is 0 Å². The molecule has 1 amide bonds. The third-order valence-corrected chi connectivity index (χ3v) is 5.96. The molecule has 1 N–H and O–H groups in total. The molecule has 0 spiro atoms. The van der Waals surface area contributed by atoms with E-state index < -0.39 is 23.7 Å². The smallest absolute Gasteiger partial charge is 0.291 e. The lowest BCUT2D eigenvalue weighted by atomic mass is 9.86. The number of ketones is 2. The van der Waals surface area contributed by atoms with Gasteiger partial charge >= 0.3 is 0 Å². The Kier molecular flexibility index (Phi) is 6.01. The monoisotopic (exact) mass is 408 g/mol. The van der Waals surface area contributed by atoms with Crippen LogP contribution in [0.15, 0.2) is 48.8 Å². The third-order valence-electron chi connectivity index (χ3n) is 5.96. The van der Waals surface area contributed by atoms with Gasteiger partial charge in [-0.05, 0) is 18.6 Å². The standard InChI is InChI=1S/C23H25N3O4/c1-16-4-6-17(7-5-16)21(27)19-20(18-3-2-8-24-15-18)26(23(29)22(19)28)10-9-25-11-13-30-14-12-25/h2-8,15,19-20H,9-14H2,1H3/p+1. The van der Waals surface area contributed by atoms with E-state index in [4.69, 9.17) is 4.74 Å². The number of quaternary nitrogens is 1. The van der Waals surface area contributed by atoms with Crippen LogP contribution in [0.4, 0.5) is 0 Å². The van der Waals surface area contributed by atoms with Gasteiger partial charge in [-0.1, -0.05) is 35.9 Å². The number of aryl methyl sites for hydroxylation is 1. The molecule has 1 aromatic heterocycles. The zero-order valence-electron chi connectivity index (χ0n) is 17.0. The zero-order chi connectivity index (χ0) is 21.1. The van der Waals surface area contributed by atoms with Gasteiger partial charge in [0.15, 0.2) is 5.78 Å². The minimum atomic E-state index is -1.05. The maximum atomic E-state index is 13.3. The molecule has 2 saturated heterocycles. The lowest BCUT2D eigenvalue weighted by Crippen LogP contribution is -3.14. The maximum Gasteiger partial charge on any atom is 0.291 e. The second-order valence-electron chi connectivity index (χ2n) is 7.91. The topological polar surface area (TPSA) is 81.0 Å². The van der Waals surface area contributed by atoms with Crippen LogP contribution in [0.5, 0.6) is 0 Å². The van der Waals surface area contributed by atoms with Crippen LogP contribution in [-0.2, 0) is 14.3 Å². The number of nitrogens with zero attached hydrogens (tertiary/aromatic N) is 2. The van der Waals surface area contributed by atoms with Gasteiger partial charge in [-0.25, -0.2) is 0 Å². The van der Waals surface area contributed by atoms with Crippen molar-refractivity contribution >= 4 is 17.5 Å². The fraction of sp³-hybridized carbons (Fsp3) is 0.391. The Balaban J connectivity index is 1.64. The quantitative estimate of drug-likeness (QED) is 0.421. The average Bonchev–Trinajstić information content (AvgIpc) is 3.04. The number of aromatic nitrogens is 1. The molecule has 2 fully saturated rings. The summed E-state index contributed by atoms with van der Waals surface area (Å²) in [5, 5.41) is 0. The van der Waals surface area contributed by atoms with Gasteiger partial charge < -0.3 is 14.5 Å². The zero-order valence-corrected chi connectivity index (χ0v) is 17.0. The van der Waals surface area contributed by atoms with E-state index in [-0.39, 0.29) is 5.78 Å². The summed E-state index contributed by atoms with van der Waals surface area (Å²) in [7, 11) is 0. The summed E-state index contributed by atoms with van der Waals surface area (Å²) in [6.07, 6.45) is 3.28. The van der Waals surface area contributed by atoms with Gasteiger partial charge in [-0.15, -0.1) is 0 Å². The summed E-state index contributed by atoms with van der Waals surface area (Å²) >= 11 is 0. The molecule has 0 bridgehead atoms. The van der Waals surface area contributed by atoms with Gasteiger partial charge in [0.25, 0.3) is 5.91 Å². The number of pyridine rings is 1. The summed E-state index contributed by atoms with van der Waals surface area (Å²) in [4.78, 5) is 46.3. The van der Waals surface area contributed by atoms with Crippen molar-refractivity contribution in [3.63, 3.8) is 0 Å². The number of hydrogen-bond donors (Lipinski definition) is 1. The molecule has 2 aromatic rings. The Bertz CT molecular complexity index is 923. The molecule has 2 atom stereocenters. The van der Waals surface area contributed by atoms with Gasteiger partial charge in [0, 0.05) is 18.0 Å². The number of carbonyl (C=O) groups is 3. The highest BCUT2D eigenvalue weighted by Gasteiger charge is 2.51. The highest BCUT2D eigenvalue weighted by Crippen LogP contribution is 2.37. The van der Waals surface area contributed by atoms with E-state index in [0.717, 1.165) is 18.7 Å². The first-order valence-corrected chi connectivity index (χ1v) is 10.3. The first kappa shape index (κ1) is 20.4. The van der Waals surface area contributed by atoms with E-state index in [1.54, 1.807) is 35.5 Å². The summed E-state index contributed by atoms with van der Waals surface area (Å²) in [6, 6.07) is 10.1. The molecule has 2 unspecified atom stereocenters. The molecule has 2 aliphatic heterocycles. The van der Waals surface area contributed by atoms with Crippen molar-refractivity contribution in [3.8, 4) is 0 Å². The number of likely N-dealkylation sites (tertiary alicyclic amines) is 1. The minimum absolute atomic E-state index is 0.316. The molecule has 30 heavy (non-hydrogen) atoms. The van der Waals surface area contributed by atoms with Crippen LogP contribution in [0, 0.1) is 12.8 Å². The van der Waals surface area contributed by atoms with Crippen LogP contribution in [0.2, 0.25) is 0 Å². The summed E-state index contributed by atoms with van der Waals surface area (Å²) < 4.78 is 5.40. The van der Waals surface area contributed by atoms with Crippen molar-refractivity contribution in [2.24, 2.45) is 5.92 Å². The van der Waals surface area contributed by atoms with Crippen LogP contribution in [0.1, 0.15) is 27.5 Å². The number of carbonyl (C=O) groups excluding carboxylic acids is 3. The van der Waals surface area contributed by atoms with Gasteiger partial charge in [0.05, 0.1) is 32.3 Å². The fourth-order valence-corrected chi connectivity index (χ4v) is 4.24. The molecular formula is C23H26N3O4+. The van der Waals surface area contributed by atoms with Crippen molar-refractivity contribution in [2.75, 3.05) is 39.4 Å². The van der Waals surface area contributed by atoms with E-state index >= 15 is 0 Å². The fourth-order valence-electron chi connectivity index (χ4n) is 4.24. The van der Waals surface area contributed by atoms with Crippen LogP contribution < -0.4 is 4.90 Å². The number of rotatable bonds is 6. The van der Waals surface area contributed by atoms with Gasteiger partial charge in [0.2, 0.25) is 5.78 Å². The summed E-state index contributed by atoms with van der Waals surface area (Å²) in [6.45, 7) is 6.21. The van der Waals surface area contributed by atoms with E-state index in [1.807, 2.05) is 25.1 Å². The molecule has 2 aliphatic rings. The van der Waals surface area contributed by atoms with Crippen LogP contribution >= 0.6 is 0 Å². The van der Waals surface area contributed by atoms with Crippen molar-refractivity contribution in [2.45, 2.75) is 13.0 Å². The molecule has 0 saturated carbocycles.